The number of oxazole rings is 1. The summed E-state index contributed by atoms with van der Waals surface area (Å²) in [6.45, 7) is 3.85. The van der Waals surface area contributed by atoms with Gasteiger partial charge in [-0.3, -0.25) is 5.10 Å². The van der Waals surface area contributed by atoms with Crippen molar-refractivity contribution < 1.29 is 23.1 Å². The highest BCUT2D eigenvalue weighted by atomic mass is 19.1. The number of hydrogen-bond donors (Lipinski definition) is 3. The zero-order valence-electron chi connectivity index (χ0n) is 19.1. The number of piperidine rings is 1. The van der Waals surface area contributed by atoms with Gasteiger partial charge < -0.3 is 33.8 Å². The van der Waals surface area contributed by atoms with Crippen molar-refractivity contribution in [3.63, 3.8) is 0 Å². The van der Waals surface area contributed by atoms with Crippen LogP contribution in [-0.4, -0.2) is 65.9 Å². The molecule has 0 bridgehead atoms. The molecule has 6 rings (SSSR count). The highest BCUT2D eigenvalue weighted by Crippen LogP contribution is 2.37. The molecule has 1 aromatic carbocycles. The van der Waals surface area contributed by atoms with Gasteiger partial charge in [0.25, 0.3) is 6.01 Å². The monoisotopic (exact) mass is 482 g/mol. The molecule has 0 spiro atoms. The summed E-state index contributed by atoms with van der Waals surface area (Å²) in [6, 6.07) is 7.83. The molecule has 2 aliphatic heterocycles. The van der Waals surface area contributed by atoms with E-state index in [1.54, 1.807) is 24.5 Å². The average molecular weight is 483 g/mol. The van der Waals surface area contributed by atoms with Gasteiger partial charge in [0.05, 0.1) is 36.3 Å². The molecule has 11 heteroatoms. The molecule has 2 saturated heterocycles. The standard InChI is InChI=1S/C24H27FN6O4/c25-16-3-5-30(6-4-16)19-11-18-22(35-24(29-18)31-7-9-33-10-8-31)12-17(19)28-23(32)21-2-1-20(34-21)15-13-26-27-14-15/h1-2,11-14,16,23,28,32H,3-10H2,(H,26,27). The van der Waals surface area contributed by atoms with E-state index in [9.17, 15) is 9.50 Å². The first-order chi connectivity index (χ1) is 17.1. The number of anilines is 3. The van der Waals surface area contributed by atoms with Crippen molar-refractivity contribution in [3.05, 3.63) is 42.4 Å². The van der Waals surface area contributed by atoms with Crippen molar-refractivity contribution in [1.82, 2.24) is 15.2 Å². The number of H-pyrrole nitrogens is 1. The number of hydrogen-bond acceptors (Lipinski definition) is 9. The fourth-order valence-corrected chi connectivity index (χ4v) is 4.57. The maximum atomic E-state index is 13.8. The number of aliphatic hydroxyl groups is 1. The summed E-state index contributed by atoms with van der Waals surface area (Å²) in [5.74, 6) is 0.960. The lowest BCUT2D eigenvalue weighted by atomic mass is 10.1. The molecule has 184 valence electrons. The van der Waals surface area contributed by atoms with Crippen LogP contribution in [0.2, 0.25) is 0 Å². The number of fused-ring (bicyclic) bond motifs is 1. The lowest BCUT2D eigenvalue weighted by molar-refractivity contribution is 0.120. The molecule has 4 aromatic rings. The zero-order valence-corrected chi connectivity index (χ0v) is 19.1. The summed E-state index contributed by atoms with van der Waals surface area (Å²) in [5.41, 5.74) is 3.60. The predicted molar refractivity (Wildman–Crippen MR) is 128 cm³/mol. The Bertz CT molecular complexity index is 1270. The van der Waals surface area contributed by atoms with E-state index in [4.69, 9.17) is 18.6 Å². The van der Waals surface area contributed by atoms with Gasteiger partial charge in [0.2, 0.25) is 0 Å². The first-order valence-corrected chi connectivity index (χ1v) is 11.8. The molecule has 10 nitrogen and oxygen atoms in total. The van der Waals surface area contributed by atoms with Crippen molar-refractivity contribution in [2.24, 2.45) is 0 Å². The van der Waals surface area contributed by atoms with Crippen molar-refractivity contribution >= 4 is 28.5 Å². The number of furan rings is 1. The third kappa shape index (κ3) is 4.44. The normalized spacial score (nSPS) is 18.3. The summed E-state index contributed by atoms with van der Waals surface area (Å²) >= 11 is 0. The summed E-state index contributed by atoms with van der Waals surface area (Å²) < 4.78 is 31.2. The minimum absolute atomic E-state index is 0.362. The van der Waals surface area contributed by atoms with Gasteiger partial charge in [-0.15, -0.1) is 0 Å². The Morgan fingerprint density at radius 3 is 2.69 bits per heavy atom. The minimum atomic E-state index is -1.10. The molecule has 3 N–H and O–H groups in total. The number of aromatic amines is 1. The van der Waals surface area contributed by atoms with E-state index in [2.05, 4.69) is 25.3 Å². The number of morpholine rings is 1. The molecule has 0 radical (unpaired) electrons. The molecule has 3 aromatic heterocycles. The minimum Gasteiger partial charge on any atom is -0.456 e. The van der Waals surface area contributed by atoms with Gasteiger partial charge in [0.15, 0.2) is 17.6 Å². The topological polar surface area (TPSA) is 116 Å². The van der Waals surface area contributed by atoms with Gasteiger partial charge in [-0.25, -0.2) is 4.39 Å². The summed E-state index contributed by atoms with van der Waals surface area (Å²) in [6.07, 6.45) is 2.40. The van der Waals surface area contributed by atoms with Crippen LogP contribution in [0.15, 0.2) is 45.5 Å². The Morgan fingerprint density at radius 2 is 1.91 bits per heavy atom. The highest BCUT2D eigenvalue weighted by molar-refractivity contribution is 5.88. The number of rotatable bonds is 6. The van der Waals surface area contributed by atoms with E-state index in [0.717, 1.165) is 11.3 Å². The van der Waals surface area contributed by atoms with Gasteiger partial charge in [0.1, 0.15) is 17.4 Å². The number of aliphatic hydroxyl groups excluding tert-OH is 1. The maximum Gasteiger partial charge on any atom is 0.298 e. The van der Waals surface area contributed by atoms with Crippen molar-refractivity contribution in [2.75, 3.05) is 54.5 Å². The lowest BCUT2D eigenvalue weighted by Crippen LogP contribution is -2.36. The van der Waals surface area contributed by atoms with Gasteiger partial charge in [-0.1, -0.05) is 0 Å². The van der Waals surface area contributed by atoms with Crippen molar-refractivity contribution in [1.29, 1.82) is 0 Å². The van der Waals surface area contributed by atoms with Gasteiger partial charge >= 0.3 is 0 Å². The molecular weight excluding hydrogens is 455 g/mol. The van der Waals surface area contributed by atoms with E-state index in [-0.39, 0.29) is 0 Å². The van der Waals surface area contributed by atoms with E-state index in [1.165, 1.54) is 0 Å². The first-order valence-electron chi connectivity index (χ1n) is 11.8. The van der Waals surface area contributed by atoms with Crippen LogP contribution in [0.1, 0.15) is 24.8 Å². The van der Waals surface area contributed by atoms with E-state index in [1.807, 2.05) is 12.1 Å². The van der Waals surface area contributed by atoms with Crippen LogP contribution in [0.25, 0.3) is 22.4 Å². The molecule has 1 atom stereocenters. The molecule has 2 aliphatic rings. The van der Waals surface area contributed by atoms with Crippen LogP contribution in [0.5, 0.6) is 0 Å². The van der Waals surface area contributed by atoms with Crippen molar-refractivity contribution in [3.8, 4) is 11.3 Å². The van der Waals surface area contributed by atoms with Gasteiger partial charge in [-0.05, 0) is 31.0 Å². The lowest BCUT2D eigenvalue weighted by Gasteiger charge is -2.32. The largest absolute Gasteiger partial charge is 0.456 e. The van der Waals surface area contributed by atoms with Crippen LogP contribution < -0.4 is 15.1 Å². The summed E-state index contributed by atoms with van der Waals surface area (Å²) in [5, 5.41) is 20.8. The molecule has 2 fully saturated rings. The number of ether oxygens (including phenoxy) is 1. The van der Waals surface area contributed by atoms with E-state index in [0.29, 0.717) is 86.6 Å². The first kappa shape index (κ1) is 21.9. The summed E-state index contributed by atoms with van der Waals surface area (Å²) in [7, 11) is 0. The Morgan fingerprint density at radius 1 is 1.09 bits per heavy atom. The van der Waals surface area contributed by atoms with Crippen LogP contribution >= 0.6 is 0 Å². The fraction of sp³-hybridized carbons (Fsp3) is 0.417. The Labute approximate surface area is 200 Å². The van der Waals surface area contributed by atoms with Crippen LogP contribution in [0.3, 0.4) is 0 Å². The number of nitrogens with zero attached hydrogens (tertiary/aromatic N) is 4. The number of aromatic nitrogens is 3. The van der Waals surface area contributed by atoms with Crippen molar-refractivity contribution in [2.45, 2.75) is 25.2 Å². The molecule has 0 saturated carbocycles. The number of alkyl halides is 1. The maximum absolute atomic E-state index is 13.8. The smallest absolute Gasteiger partial charge is 0.298 e. The third-order valence-corrected chi connectivity index (χ3v) is 6.51. The molecule has 5 heterocycles. The number of halogens is 1. The number of benzene rings is 1. The van der Waals surface area contributed by atoms with Crippen LogP contribution in [0.4, 0.5) is 21.8 Å². The third-order valence-electron chi connectivity index (χ3n) is 6.51. The Balaban J connectivity index is 1.32. The molecule has 1 unspecified atom stereocenters. The zero-order chi connectivity index (χ0) is 23.8. The molecule has 0 amide bonds. The summed E-state index contributed by atoms with van der Waals surface area (Å²) in [4.78, 5) is 8.88. The van der Waals surface area contributed by atoms with Gasteiger partial charge in [-0.2, -0.15) is 10.1 Å². The molecular formula is C24H27FN6O4. The quantitative estimate of drug-likeness (QED) is 0.354. The number of nitrogens with one attached hydrogen (secondary N) is 2. The van der Waals surface area contributed by atoms with E-state index < -0.39 is 12.4 Å². The predicted octanol–water partition coefficient (Wildman–Crippen LogP) is 3.69. The fourth-order valence-electron chi connectivity index (χ4n) is 4.57. The van der Waals surface area contributed by atoms with Crippen LogP contribution in [0, 0.1) is 0 Å². The molecule has 35 heavy (non-hydrogen) atoms. The second-order valence-corrected chi connectivity index (χ2v) is 8.83. The Kier molecular flexibility index (Phi) is 5.78. The van der Waals surface area contributed by atoms with Crippen LogP contribution in [-0.2, 0) is 4.74 Å². The van der Waals surface area contributed by atoms with Gasteiger partial charge in [0, 0.05) is 38.4 Å². The SMILES string of the molecule is OC(Nc1cc2oc(N3CCOCC3)nc2cc1N1CCC(F)CC1)c1ccc(-c2cn[nH]c2)o1. The average Bonchev–Trinajstić information content (AvgIpc) is 3.65. The highest BCUT2D eigenvalue weighted by Gasteiger charge is 2.25. The second kappa shape index (κ2) is 9.23. The Hall–Kier alpha value is -3.57. The van der Waals surface area contributed by atoms with E-state index >= 15 is 0 Å². The molecule has 0 aliphatic carbocycles. The second-order valence-electron chi connectivity index (χ2n) is 8.83.